The van der Waals surface area contributed by atoms with Crippen LogP contribution in [0, 0.1) is 6.92 Å². The number of allylic oxidation sites excluding steroid dienone is 1. The summed E-state index contributed by atoms with van der Waals surface area (Å²) in [5.74, 6) is 1.81. The topological polar surface area (TPSA) is 72.8 Å². The van der Waals surface area contributed by atoms with E-state index < -0.39 is 10.1 Å². The fraction of sp³-hybridized carbons (Fsp3) is 0.125. The van der Waals surface area contributed by atoms with Crippen molar-refractivity contribution in [3.05, 3.63) is 65.6 Å². The van der Waals surface area contributed by atoms with Crippen molar-refractivity contribution in [2.24, 2.45) is 0 Å². The van der Waals surface area contributed by atoms with Gasteiger partial charge >= 0.3 is 0 Å². The summed E-state index contributed by atoms with van der Waals surface area (Å²) in [6, 6.07) is 11.7. The first-order chi connectivity index (χ1) is 10.4. The highest BCUT2D eigenvalue weighted by molar-refractivity contribution is 7.85. The van der Waals surface area contributed by atoms with E-state index in [4.69, 9.17) is 14.0 Å². The first-order valence-corrected chi connectivity index (χ1v) is 8.07. The van der Waals surface area contributed by atoms with Gasteiger partial charge in [-0.15, -0.1) is 0 Å². The standard InChI is InChI=1S/C16H14O5S/c1-11-6-7-14(22(17,18)19)9-12(11)8-13-10-20-15-4-2-3-5-16(15)21-13/h2-7,9-10H,8H2,1H3,(H,17,18,19). The smallest absolute Gasteiger partial charge is 0.294 e. The van der Waals surface area contributed by atoms with Crippen molar-refractivity contribution in [1.29, 1.82) is 0 Å². The Balaban J connectivity index is 1.87. The van der Waals surface area contributed by atoms with Gasteiger partial charge in [0, 0.05) is 6.42 Å². The third-order valence-electron chi connectivity index (χ3n) is 3.39. The molecule has 1 N–H and O–H groups in total. The second kappa shape index (κ2) is 5.47. The minimum Gasteiger partial charge on any atom is -0.458 e. The lowest BCUT2D eigenvalue weighted by Gasteiger charge is -2.18. The molecule has 0 atom stereocenters. The van der Waals surface area contributed by atoms with Crippen LogP contribution in [-0.4, -0.2) is 13.0 Å². The van der Waals surface area contributed by atoms with E-state index in [1.807, 2.05) is 19.1 Å². The molecule has 0 fully saturated rings. The van der Waals surface area contributed by atoms with E-state index in [9.17, 15) is 8.42 Å². The lowest BCUT2D eigenvalue weighted by Crippen LogP contribution is -2.09. The minimum atomic E-state index is -4.22. The van der Waals surface area contributed by atoms with Gasteiger partial charge < -0.3 is 9.47 Å². The third kappa shape index (κ3) is 2.98. The Hall–Kier alpha value is -2.31. The number of hydrogen-bond acceptors (Lipinski definition) is 4. The van der Waals surface area contributed by atoms with Crippen molar-refractivity contribution in [3.63, 3.8) is 0 Å². The van der Waals surface area contributed by atoms with Crippen molar-refractivity contribution < 1.29 is 22.4 Å². The molecule has 0 aromatic heterocycles. The molecule has 0 saturated heterocycles. The molecule has 22 heavy (non-hydrogen) atoms. The predicted octanol–water partition coefficient (Wildman–Crippen LogP) is 3.10. The van der Waals surface area contributed by atoms with Gasteiger partial charge in [-0.05, 0) is 42.3 Å². The molecule has 0 unspecified atom stereocenters. The first kappa shape index (κ1) is 14.6. The fourth-order valence-corrected chi connectivity index (χ4v) is 2.72. The highest BCUT2D eigenvalue weighted by Gasteiger charge is 2.16. The SMILES string of the molecule is Cc1ccc(S(=O)(=O)O)cc1CC1=COc2ccccc2O1. The van der Waals surface area contributed by atoms with Crippen molar-refractivity contribution in [2.45, 2.75) is 18.2 Å². The normalized spacial score (nSPS) is 13.6. The lowest BCUT2D eigenvalue weighted by atomic mass is 10.1. The van der Waals surface area contributed by atoms with Crippen LogP contribution in [0.5, 0.6) is 11.5 Å². The van der Waals surface area contributed by atoms with E-state index in [1.54, 1.807) is 18.2 Å². The molecule has 0 bridgehead atoms. The Morgan fingerprint density at radius 2 is 1.82 bits per heavy atom. The molecule has 114 valence electrons. The fourth-order valence-electron chi connectivity index (χ4n) is 2.19. The largest absolute Gasteiger partial charge is 0.458 e. The molecule has 0 aliphatic carbocycles. The highest BCUT2D eigenvalue weighted by atomic mass is 32.2. The summed E-state index contributed by atoms with van der Waals surface area (Å²) in [6.45, 7) is 1.86. The number of aryl methyl sites for hydroxylation is 1. The second-order valence-electron chi connectivity index (χ2n) is 4.99. The Labute approximate surface area is 128 Å². The molecular formula is C16H14O5S. The quantitative estimate of drug-likeness (QED) is 0.880. The van der Waals surface area contributed by atoms with E-state index in [0.717, 1.165) is 11.1 Å². The predicted molar refractivity (Wildman–Crippen MR) is 80.5 cm³/mol. The van der Waals surface area contributed by atoms with E-state index in [2.05, 4.69) is 0 Å². The highest BCUT2D eigenvalue weighted by Crippen LogP contribution is 2.33. The molecule has 0 saturated carbocycles. The van der Waals surface area contributed by atoms with Crippen LogP contribution in [0.15, 0.2) is 59.4 Å². The summed E-state index contributed by atoms with van der Waals surface area (Å²) in [5.41, 5.74) is 1.64. The van der Waals surface area contributed by atoms with Gasteiger partial charge in [0.2, 0.25) is 0 Å². The van der Waals surface area contributed by atoms with Gasteiger partial charge in [0.15, 0.2) is 11.5 Å². The molecule has 1 heterocycles. The van der Waals surface area contributed by atoms with Gasteiger partial charge in [-0.25, -0.2) is 0 Å². The maximum atomic E-state index is 11.2. The van der Waals surface area contributed by atoms with Crippen molar-refractivity contribution in [2.75, 3.05) is 0 Å². The van der Waals surface area contributed by atoms with Gasteiger partial charge in [0.25, 0.3) is 10.1 Å². The van der Waals surface area contributed by atoms with Crippen LogP contribution in [0.2, 0.25) is 0 Å². The number of hydrogen-bond donors (Lipinski definition) is 1. The Kier molecular flexibility index (Phi) is 3.64. The van der Waals surface area contributed by atoms with Crippen LogP contribution in [0.25, 0.3) is 0 Å². The van der Waals surface area contributed by atoms with Gasteiger partial charge in [0.05, 0.1) is 4.90 Å². The minimum absolute atomic E-state index is 0.133. The summed E-state index contributed by atoms with van der Waals surface area (Å²) in [4.78, 5) is -0.133. The Bertz CT molecular complexity index is 853. The summed E-state index contributed by atoms with van der Waals surface area (Å²) < 4.78 is 42.8. The molecule has 2 aromatic rings. The monoisotopic (exact) mass is 318 g/mol. The molecule has 2 aromatic carbocycles. The maximum absolute atomic E-state index is 11.2. The number of benzene rings is 2. The van der Waals surface area contributed by atoms with Crippen molar-refractivity contribution in [3.8, 4) is 11.5 Å². The zero-order valence-electron chi connectivity index (χ0n) is 11.8. The molecule has 6 heteroatoms. The second-order valence-corrected chi connectivity index (χ2v) is 6.41. The summed E-state index contributed by atoms with van der Waals surface area (Å²) in [6.07, 6.45) is 1.87. The summed E-state index contributed by atoms with van der Waals surface area (Å²) in [7, 11) is -4.22. The number of fused-ring (bicyclic) bond motifs is 1. The third-order valence-corrected chi connectivity index (χ3v) is 4.24. The zero-order valence-corrected chi connectivity index (χ0v) is 12.6. The summed E-state index contributed by atoms with van der Waals surface area (Å²) in [5, 5.41) is 0. The molecule has 5 nitrogen and oxygen atoms in total. The molecule has 0 radical (unpaired) electrons. The molecule has 1 aliphatic rings. The van der Waals surface area contributed by atoms with E-state index in [-0.39, 0.29) is 4.90 Å². The van der Waals surface area contributed by atoms with Crippen LogP contribution in [0.3, 0.4) is 0 Å². The first-order valence-electron chi connectivity index (χ1n) is 6.63. The molecule has 0 amide bonds. The molecule has 3 rings (SSSR count). The number of rotatable bonds is 3. The Morgan fingerprint density at radius 1 is 1.09 bits per heavy atom. The van der Waals surface area contributed by atoms with E-state index in [0.29, 0.717) is 23.7 Å². The number of ether oxygens (including phenoxy) is 2. The summed E-state index contributed by atoms with van der Waals surface area (Å²) >= 11 is 0. The molecule has 0 spiro atoms. The van der Waals surface area contributed by atoms with Crippen LogP contribution in [-0.2, 0) is 16.5 Å². The van der Waals surface area contributed by atoms with Crippen molar-refractivity contribution >= 4 is 10.1 Å². The van der Waals surface area contributed by atoms with Crippen molar-refractivity contribution in [1.82, 2.24) is 0 Å². The lowest BCUT2D eigenvalue weighted by molar-refractivity contribution is 0.318. The Morgan fingerprint density at radius 3 is 2.55 bits per heavy atom. The molecule has 1 aliphatic heterocycles. The van der Waals surface area contributed by atoms with Crippen LogP contribution < -0.4 is 9.47 Å². The average Bonchev–Trinajstić information content (AvgIpc) is 2.48. The van der Waals surface area contributed by atoms with Gasteiger partial charge in [-0.2, -0.15) is 8.42 Å². The van der Waals surface area contributed by atoms with Crippen LogP contribution in [0.1, 0.15) is 11.1 Å². The van der Waals surface area contributed by atoms with Crippen LogP contribution >= 0.6 is 0 Å². The molecular weight excluding hydrogens is 304 g/mol. The van der Waals surface area contributed by atoms with Gasteiger partial charge in [-0.3, -0.25) is 4.55 Å². The van der Waals surface area contributed by atoms with Crippen LogP contribution in [0.4, 0.5) is 0 Å². The van der Waals surface area contributed by atoms with Gasteiger partial charge in [0.1, 0.15) is 12.0 Å². The van der Waals surface area contributed by atoms with E-state index in [1.165, 1.54) is 18.4 Å². The van der Waals surface area contributed by atoms with E-state index >= 15 is 0 Å². The van der Waals surface area contributed by atoms with Gasteiger partial charge in [-0.1, -0.05) is 18.2 Å². The average molecular weight is 318 g/mol. The maximum Gasteiger partial charge on any atom is 0.294 e. The number of para-hydroxylation sites is 2. The zero-order chi connectivity index (χ0) is 15.7.